The van der Waals surface area contributed by atoms with Crippen LogP contribution in [0, 0.1) is 0 Å². The number of fused-ring (bicyclic) bond motifs is 2. The highest BCUT2D eigenvalue weighted by Gasteiger charge is 2.25. The first kappa shape index (κ1) is 20.2. The van der Waals surface area contributed by atoms with Crippen LogP contribution in [0.15, 0.2) is 66.9 Å². The fraction of sp³-hybridized carbons (Fsp3) is 0.222. The van der Waals surface area contributed by atoms with E-state index in [1.807, 2.05) is 12.3 Å². The van der Waals surface area contributed by atoms with Gasteiger partial charge in [-0.2, -0.15) is 0 Å². The molecule has 162 valence electrons. The van der Waals surface area contributed by atoms with Gasteiger partial charge in [0.1, 0.15) is 11.9 Å². The summed E-state index contributed by atoms with van der Waals surface area (Å²) in [5.74, 6) is 0.474. The number of aromatic amines is 1. The smallest absolute Gasteiger partial charge is 0.305 e. The Morgan fingerprint density at radius 2 is 1.84 bits per heavy atom. The number of hydrogen-bond donors (Lipinski definition) is 2. The van der Waals surface area contributed by atoms with Gasteiger partial charge in [0.25, 0.3) is 0 Å². The van der Waals surface area contributed by atoms with Crippen LogP contribution in [0.2, 0.25) is 0 Å². The Morgan fingerprint density at radius 3 is 2.59 bits per heavy atom. The molecule has 0 atom stereocenters. The second-order valence-electron chi connectivity index (χ2n) is 8.33. The number of aromatic nitrogens is 1. The van der Waals surface area contributed by atoms with Gasteiger partial charge in [0.15, 0.2) is 0 Å². The SMILES string of the molecule is COC(=O)CCc1cc(N)c(OC2Cc3ccccc3C2)c(-c2ccc3[nH]ccc3c2)c1. The van der Waals surface area contributed by atoms with Crippen molar-refractivity contribution >= 4 is 22.6 Å². The number of anilines is 1. The number of benzene rings is 3. The highest BCUT2D eigenvalue weighted by Crippen LogP contribution is 2.40. The molecular formula is C27H26N2O3. The summed E-state index contributed by atoms with van der Waals surface area (Å²) < 4.78 is 11.3. The van der Waals surface area contributed by atoms with Crippen molar-refractivity contribution in [2.75, 3.05) is 12.8 Å². The third-order valence-electron chi connectivity index (χ3n) is 6.19. The zero-order chi connectivity index (χ0) is 22.1. The number of nitrogens with one attached hydrogen (secondary N) is 1. The molecule has 0 saturated carbocycles. The Balaban J connectivity index is 1.51. The average Bonchev–Trinajstić information content (AvgIpc) is 3.44. The maximum Gasteiger partial charge on any atom is 0.305 e. The predicted molar refractivity (Wildman–Crippen MR) is 127 cm³/mol. The minimum absolute atomic E-state index is 0.0466. The lowest BCUT2D eigenvalue weighted by Crippen LogP contribution is -2.18. The van der Waals surface area contributed by atoms with Crippen molar-refractivity contribution in [3.05, 3.63) is 83.6 Å². The number of methoxy groups -OCH3 is 1. The second kappa shape index (κ2) is 8.42. The summed E-state index contributed by atoms with van der Waals surface area (Å²) in [7, 11) is 1.41. The summed E-state index contributed by atoms with van der Waals surface area (Å²) in [6.07, 6.45) is 4.59. The Bertz CT molecular complexity index is 1270. The Labute approximate surface area is 187 Å². The van der Waals surface area contributed by atoms with Gasteiger partial charge in [-0.25, -0.2) is 0 Å². The number of H-pyrrole nitrogens is 1. The molecule has 5 nitrogen and oxygen atoms in total. The molecule has 0 spiro atoms. The molecule has 3 N–H and O–H groups in total. The number of rotatable bonds is 6. The van der Waals surface area contributed by atoms with Gasteiger partial charge in [-0.15, -0.1) is 0 Å². The molecule has 32 heavy (non-hydrogen) atoms. The number of carbonyl (C=O) groups excluding carboxylic acids is 1. The van der Waals surface area contributed by atoms with Crippen LogP contribution in [0.5, 0.6) is 5.75 Å². The van der Waals surface area contributed by atoms with Gasteiger partial charge in [-0.1, -0.05) is 30.3 Å². The largest absolute Gasteiger partial charge is 0.487 e. The van der Waals surface area contributed by atoms with Crippen LogP contribution in [0.4, 0.5) is 5.69 Å². The minimum atomic E-state index is -0.233. The van der Waals surface area contributed by atoms with E-state index in [2.05, 4.69) is 59.6 Å². The lowest BCUT2D eigenvalue weighted by Gasteiger charge is -2.20. The molecule has 0 amide bonds. The van der Waals surface area contributed by atoms with Crippen molar-refractivity contribution in [1.29, 1.82) is 0 Å². The van der Waals surface area contributed by atoms with Crippen molar-refractivity contribution < 1.29 is 14.3 Å². The van der Waals surface area contributed by atoms with Crippen LogP contribution in [0.3, 0.4) is 0 Å². The monoisotopic (exact) mass is 426 g/mol. The van der Waals surface area contributed by atoms with Crippen LogP contribution in [0.1, 0.15) is 23.1 Å². The Morgan fingerprint density at radius 1 is 1.06 bits per heavy atom. The molecular weight excluding hydrogens is 400 g/mol. The number of hydrogen-bond acceptors (Lipinski definition) is 4. The second-order valence-corrected chi connectivity index (χ2v) is 8.33. The lowest BCUT2D eigenvalue weighted by atomic mass is 9.97. The summed E-state index contributed by atoms with van der Waals surface area (Å²) in [6, 6.07) is 20.8. The standard InChI is InChI=1S/C27H26N2O3/c1-31-26(30)9-6-17-12-23(20-7-8-25-21(14-20)10-11-29-25)27(24(28)13-17)32-22-15-18-4-2-3-5-19(18)16-22/h2-5,7-8,10-14,22,29H,6,9,15-16,28H2,1H3. The van der Waals surface area contributed by atoms with Crippen LogP contribution < -0.4 is 10.5 Å². The average molecular weight is 427 g/mol. The molecule has 0 fully saturated rings. The predicted octanol–water partition coefficient (Wildman–Crippen LogP) is 5.07. The molecule has 0 saturated heterocycles. The first-order chi connectivity index (χ1) is 15.6. The maximum absolute atomic E-state index is 11.7. The van der Waals surface area contributed by atoms with Crippen LogP contribution in [-0.2, 0) is 28.8 Å². The normalized spacial score (nSPS) is 13.3. The van der Waals surface area contributed by atoms with Gasteiger partial charge in [-0.3, -0.25) is 4.79 Å². The van der Waals surface area contributed by atoms with Crippen LogP contribution in [-0.4, -0.2) is 24.2 Å². The maximum atomic E-state index is 11.7. The van der Waals surface area contributed by atoms with Gasteiger partial charge in [0.05, 0.1) is 12.8 Å². The quantitative estimate of drug-likeness (QED) is 0.333. The molecule has 0 aliphatic heterocycles. The van der Waals surface area contributed by atoms with E-state index >= 15 is 0 Å². The Hall–Kier alpha value is -3.73. The molecule has 0 radical (unpaired) electrons. The van der Waals surface area contributed by atoms with E-state index in [1.54, 1.807) is 0 Å². The van der Waals surface area contributed by atoms with Gasteiger partial charge < -0.3 is 20.2 Å². The van der Waals surface area contributed by atoms with Gasteiger partial charge in [-0.05, 0) is 64.4 Å². The fourth-order valence-corrected chi connectivity index (χ4v) is 4.54. The van der Waals surface area contributed by atoms with E-state index in [1.165, 1.54) is 18.2 Å². The van der Waals surface area contributed by atoms with Crippen molar-refractivity contribution in [2.24, 2.45) is 0 Å². The number of esters is 1. The third-order valence-corrected chi connectivity index (χ3v) is 6.19. The topological polar surface area (TPSA) is 77.3 Å². The molecule has 1 aromatic heterocycles. The summed E-state index contributed by atoms with van der Waals surface area (Å²) >= 11 is 0. The van der Waals surface area contributed by atoms with E-state index in [4.69, 9.17) is 15.2 Å². The van der Waals surface area contributed by atoms with Crippen molar-refractivity contribution in [3.63, 3.8) is 0 Å². The molecule has 1 aliphatic carbocycles. The van der Waals surface area contributed by atoms with Gasteiger partial charge in [0.2, 0.25) is 0 Å². The molecule has 1 aliphatic rings. The summed E-state index contributed by atoms with van der Waals surface area (Å²) in [6.45, 7) is 0. The van der Waals surface area contributed by atoms with Crippen LogP contribution >= 0.6 is 0 Å². The number of nitrogen functional groups attached to an aromatic ring is 1. The molecule has 0 bridgehead atoms. The molecule has 3 aromatic carbocycles. The van der Waals surface area contributed by atoms with E-state index in [0.29, 0.717) is 24.3 Å². The van der Waals surface area contributed by atoms with Crippen molar-refractivity contribution in [2.45, 2.75) is 31.8 Å². The van der Waals surface area contributed by atoms with E-state index in [9.17, 15) is 4.79 Å². The summed E-state index contributed by atoms with van der Waals surface area (Å²) in [4.78, 5) is 14.9. The van der Waals surface area contributed by atoms with E-state index < -0.39 is 0 Å². The third kappa shape index (κ3) is 3.94. The van der Waals surface area contributed by atoms with Crippen molar-refractivity contribution in [3.8, 4) is 16.9 Å². The van der Waals surface area contributed by atoms with E-state index in [-0.39, 0.29) is 12.1 Å². The number of ether oxygens (including phenoxy) is 2. The summed E-state index contributed by atoms with van der Waals surface area (Å²) in [5.41, 5.74) is 13.8. The zero-order valence-electron chi connectivity index (χ0n) is 18.1. The zero-order valence-corrected chi connectivity index (χ0v) is 18.1. The molecule has 5 rings (SSSR count). The molecule has 0 unspecified atom stereocenters. The molecule has 4 aromatic rings. The van der Waals surface area contributed by atoms with Gasteiger partial charge >= 0.3 is 5.97 Å². The number of aryl methyl sites for hydroxylation is 1. The van der Waals surface area contributed by atoms with E-state index in [0.717, 1.165) is 40.4 Å². The highest BCUT2D eigenvalue weighted by molar-refractivity contribution is 5.88. The molecule has 1 heterocycles. The first-order valence-electron chi connectivity index (χ1n) is 10.9. The molecule has 5 heteroatoms. The van der Waals surface area contributed by atoms with Gasteiger partial charge in [0, 0.05) is 36.5 Å². The number of carbonyl (C=O) groups is 1. The highest BCUT2D eigenvalue weighted by atomic mass is 16.5. The van der Waals surface area contributed by atoms with Crippen molar-refractivity contribution in [1.82, 2.24) is 4.98 Å². The fourth-order valence-electron chi connectivity index (χ4n) is 4.54. The first-order valence-corrected chi connectivity index (χ1v) is 10.9. The minimum Gasteiger partial charge on any atom is -0.487 e. The van der Waals surface area contributed by atoms with Crippen LogP contribution in [0.25, 0.3) is 22.0 Å². The Kier molecular flexibility index (Phi) is 5.31. The number of nitrogens with two attached hydrogens (primary N) is 1. The summed E-state index contributed by atoms with van der Waals surface area (Å²) in [5, 5.41) is 1.13. The lowest BCUT2D eigenvalue weighted by molar-refractivity contribution is -0.140.